The maximum Gasteiger partial charge on any atom is 0.220 e. The molecule has 1 aliphatic rings. The number of carbonyl (C=O) groups is 2. The first-order valence-corrected chi connectivity index (χ1v) is 9.69. The molecule has 1 atom stereocenters. The normalized spacial score (nSPS) is 13.7. The van der Waals surface area contributed by atoms with E-state index in [-0.39, 0.29) is 30.6 Å². The summed E-state index contributed by atoms with van der Waals surface area (Å²) < 4.78 is 5.40. The van der Waals surface area contributed by atoms with Gasteiger partial charge in [0.05, 0.1) is 13.2 Å². The average Bonchev–Trinajstić information content (AvgIpc) is 3.18. The van der Waals surface area contributed by atoms with Gasteiger partial charge in [0.1, 0.15) is 5.75 Å². The highest BCUT2D eigenvalue weighted by atomic mass is 16.5. The van der Waals surface area contributed by atoms with Gasteiger partial charge < -0.3 is 10.1 Å². The van der Waals surface area contributed by atoms with Gasteiger partial charge in [0.2, 0.25) is 5.91 Å². The van der Waals surface area contributed by atoms with Gasteiger partial charge in [0, 0.05) is 24.0 Å². The van der Waals surface area contributed by atoms with Crippen molar-refractivity contribution in [2.75, 3.05) is 7.11 Å². The molecule has 2 aromatic rings. The minimum absolute atomic E-state index is 0.0326. The first-order chi connectivity index (χ1) is 13.1. The van der Waals surface area contributed by atoms with Crippen molar-refractivity contribution in [2.24, 2.45) is 0 Å². The molecule has 0 fully saturated rings. The van der Waals surface area contributed by atoms with Crippen LogP contribution in [0.2, 0.25) is 0 Å². The Kier molecular flexibility index (Phi) is 6.28. The number of benzene rings is 2. The molecule has 4 nitrogen and oxygen atoms in total. The molecule has 1 N–H and O–H groups in total. The van der Waals surface area contributed by atoms with Crippen molar-refractivity contribution in [3.63, 3.8) is 0 Å². The molecule has 4 heteroatoms. The third kappa shape index (κ3) is 4.57. The molecule has 1 aliphatic carbocycles. The summed E-state index contributed by atoms with van der Waals surface area (Å²) in [4.78, 5) is 24.9. The monoisotopic (exact) mass is 365 g/mol. The summed E-state index contributed by atoms with van der Waals surface area (Å²) in [6.07, 6.45) is 4.50. The molecule has 1 amide bonds. The van der Waals surface area contributed by atoms with Crippen LogP contribution >= 0.6 is 0 Å². The zero-order valence-electron chi connectivity index (χ0n) is 16.1. The van der Waals surface area contributed by atoms with Gasteiger partial charge in [0.15, 0.2) is 5.78 Å². The van der Waals surface area contributed by atoms with Crippen LogP contribution in [0.1, 0.15) is 65.7 Å². The molecule has 142 valence electrons. The van der Waals surface area contributed by atoms with Crippen LogP contribution < -0.4 is 10.1 Å². The number of ketones is 1. The molecule has 0 aromatic heterocycles. The summed E-state index contributed by atoms with van der Waals surface area (Å²) in [7, 11) is 1.63. The Hall–Kier alpha value is -2.62. The second-order valence-electron chi connectivity index (χ2n) is 7.03. The van der Waals surface area contributed by atoms with Crippen LogP contribution in [0.5, 0.6) is 5.75 Å². The van der Waals surface area contributed by atoms with Crippen LogP contribution in [0, 0.1) is 0 Å². The van der Waals surface area contributed by atoms with E-state index in [4.69, 9.17) is 4.74 Å². The van der Waals surface area contributed by atoms with Gasteiger partial charge in [-0.2, -0.15) is 0 Å². The molecule has 0 aliphatic heterocycles. The lowest BCUT2D eigenvalue weighted by atomic mass is 10.0. The van der Waals surface area contributed by atoms with Crippen LogP contribution in [0.4, 0.5) is 0 Å². The maximum absolute atomic E-state index is 12.5. The lowest BCUT2D eigenvalue weighted by molar-refractivity contribution is -0.121. The Morgan fingerprint density at radius 1 is 1.07 bits per heavy atom. The Balaban J connectivity index is 1.57. The fraction of sp³-hybridized carbons (Fsp3) is 0.391. The number of amides is 1. The van der Waals surface area contributed by atoms with E-state index in [1.54, 1.807) is 7.11 Å². The topological polar surface area (TPSA) is 55.4 Å². The maximum atomic E-state index is 12.5. The van der Waals surface area contributed by atoms with Crippen LogP contribution in [0.25, 0.3) is 0 Å². The molecule has 0 heterocycles. The lowest BCUT2D eigenvalue weighted by Crippen LogP contribution is -2.28. The number of carbonyl (C=O) groups excluding carboxylic acids is 2. The minimum Gasteiger partial charge on any atom is -0.496 e. The van der Waals surface area contributed by atoms with E-state index in [2.05, 4.69) is 11.4 Å². The number of hydrogen-bond donors (Lipinski definition) is 1. The molecule has 2 aromatic carbocycles. The number of rotatable bonds is 8. The summed E-state index contributed by atoms with van der Waals surface area (Å²) >= 11 is 0. The number of Topliss-reactive ketones (excluding diaryl/α,β-unsaturated/α-hetero) is 1. The largest absolute Gasteiger partial charge is 0.496 e. The lowest BCUT2D eigenvalue weighted by Gasteiger charge is -2.20. The van der Waals surface area contributed by atoms with Crippen LogP contribution in [-0.2, 0) is 17.6 Å². The van der Waals surface area contributed by atoms with Crippen molar-refractivity contribution < 1.29 is 14.3 Å². The molecule has 27 heavy (non-hydrogen) atoms. The Morgan fingerprint density at radius 3 is 2.63 bits per heavy atom. The molecule has 3 rings (SSSR count). The molecule has 0 bridgehead atoms. The van der Waals surface area contributed by atoms with Crippen molar-refractivity contribution >= 4 is 11.7 Å². The van der Waals surface area contributed by atoms with Gasteiger partial charge >= 0.3 is 0 Å². The quantitative estimate of drug-likeness (QED) is 0.705. The minimum atomic E-state index is -0.122. The van der Waals surface area contributed by atoms with E-state index in [0.717, 1.165) is 42.6 Å². The van der Waals surface area contributed by atoms with E-state index >= 15 is 0 Å². The third-order valence-electron chi connectivity index (χ3n) is 5.26. The number of para-hydroxylation sites is 1. The fourth-order valence-corrected chi connectivity index (χ4v) is 3.74. The first kappa shape index (κ1) is 19.2. The average molecular weight is 365 g/mol. The van der Waals surface area contributed by atoms with E-state index in [9.17, 15) is 9.59 Å². The first-order valence-electron chi connectivity index (χ1n) is 9.69. The molecule has 1 unspecified atom stereocenters. The molecule has 0 saturated heterocycles. The van der Waals surface area contributed by atoms with E-state index in [1.165, 1.54) is 11.1 Å². The molecule has 0 saturated carbocycles. The number of fused-ring (bicyclic) bond motifs is 1. The molecular weight excluding hydrogens is 338 g/mol. The highest BCUT2D eigenvalue weighted by Gasteiger charge is 2.18. The molecular formula is C23H27NO3. The summed E-state index contributed by atoms with van der Waals surface area (Å²) in [5.74, 6) is 0.686. The van der Waals surface area contributed by atoms with Gasteiger partial charge in [-0.3, -0.25) is 9.59 Å². The van der Waals surface area contributed by atoms with Crippen molar-refractivity contribution in [1.82, 2.24) is 5.32 Å². The predicted octanol–water partition coefficient (Wildman–Crippen LogP) is 4.41. The van der Waals surface area contributed by atoms with E-state index in [0.29, 0.717) is 0 Å². The van der Waals surface area contributed by atoms with Gasteiger partial charge in [-0.25, -0.2) is 0 Å². The number of nitrogens with one attached hydrogen (secondary N) is 1. The van der Waals surface area contributed by atoms with Gasteiger partial charge in [-0.05, 0) is 48.9 Å². The highest BCUT2D eigenvalue weighted by Crippen LogP contribution is 2.27. The standard InChI is InChI=1S/C23H27NO3/c1-3-20(19-9-4-5-10-22(19)27-2)24-23(26)14-13-21(25)18-12-11-16-7-6-8-17(16)15-18/h4-5,9-12,15,20H,3,6-8,13-14H2,1-2H3,(H,24,26). The second-order valence-corrected chi connectivity index (χ2v) is 7.03. The zero-order valence-corrected chi connectivity index (χ0v) is 16.1. The SMILES string of the molecule is CCC(NC(=O)CCC(=O)c1ccc2c(c1)CCC2)c1ccccc1OC. The Bertz CT molecular complexity index is 828. The van der Waals surface area contributed by atoms with E-state index in [1.807, 2.05) is 43.3 Å². The van der Waals surface area contributed by atoms with Crippen LogP contribution in [-0.4, -0.2) is 18.8 Å². The number of ether oxygens (including phenoxy) is 1. The Labute approximate surface area is 160 Å². The number of methoxy groups -OCH3 is 1. The summed E-state index contributed by atoms with van der Waals surface area (Å²) in [5, 5.41) is 3.04. The number of aryl methyl sites for hydroxylation is 2. The second kappa shape index (κ2) is 8.85. The predicted molar refractivity (Wildman–Crippen MR) is 106 cm³/mol. The third-order valence-corrected chi connectivity index (χ3v) is 5.26. The van der Waals surface area contributed by atoms with Crippen LogP contribution in [0.3, 0.4) is 0 Å². The van der Waals surface area contributed by atoms with Crippen molar-refractivity contribution in [1.29, 1.82) is 0 Å². The highest BCUT2D eigenvalue weighted by molar-refractivity contribution is 5.98. The zero-order chi connectivity index (χ0) is 19.2. The van der Waals surface area contributed by atoms with Crippen molar-refractivity contribution in [3.8, 4) is 5.75 Å². The Morgan fingerprint density at radius 2 is 1.85 bits per heavy atom. The van der Waals surface area contributed by atoms with Crippen LogP contribution in [0.15, 0.2) is 42.5 Å². The smallest absolute Gasteiger partial charge is 0.220 e. The van der Waals surface area contributed by atoms with Crippen molar-refractivity contribution in [3.05, 3.63) is 64.7 Å². The summed E-state index contributed by atoms with van der Waals surface area (Å²) in [6, 6.07) is 13.5. The summed E-state index contributed by atoms with van der Waals surface area (Å²) in [5.41, 5.74) is 4.32. The van der Waals surface area contributed by atoms with Gasteiger partial charge in [-0.1, -0.05) is 37.3 Å². The van der Waals surface area contributed by atoms with Gasteiger partial charge in [-0.15, -0.1) is 0 Å². The fourth-order valence-electron chi connectivity index (χ4n) is 3.74. The van der Waals surface area contributed by atoms with Gasteiger partial charge in [0.25, 0.3) is 0 Å². The number of hydrogen-bond acceptors (Lipinski definition) is 3. The molecule has 0 radical (unpaired) electrons. The van der Waals surface area contributed by atoms with E-state index < -0.39 is 0 Å². The molecule has 0 spiro atoms. The summed E-state index contributed by atoms with van der Waals surface area (Å²) in [6.45, 7) is 2.02. The van der Waals surface area contributed by atoms with Crippen molar-refractivity contribution in [2.45, 2.75) is 51.5 Å².